The zero-order valence-electron chi connectivity index (χ0n) is 14.9. The van der Waals surface area contributed by atoms with Gasteiger partial charge in [-0.3, -0.25) is 19.7 Å². The van der Waals surface area contributed by atoms with E-state index in [9.17, 15) is 19.7 Å². The number of para-hydroxylation sites is 1. The lowest BCUT2D eigenvalue weighted by molar-refractivity contribution is -0.385. The molecule has 0 bridgehead atoms. The largest absolute Gasteiger partial charge is 0.460 e. The molecule has 1 aromatic rings. The van der Waals surface area contributed by atoms with Crippen LogP contribution in [0, 0.1) is 21.4 Å². The molecule has 0 saturated carbocycles. The highest BCUT2D eigenvalue weighted by atomic mass is 16.6. The number of hydrogen-bond donors (Lipinski definition) is 0. The highest BCUT2D eigenvalue weighted by Gasteiger charge is 2.33. The predicted octanol–water partition coefficient (Wildman–Crippen LogP) is 2.92. The van der Waals surface area contributed by atoms with E-state index in [0.29, 0.717) is 31.5 Å². The molecule has 7 heteroatoms. The summed E-state index contributed by atoms with van der Waals surface area (Å²) in [6.07, 6.45) is 1.11. The molecule has 0 unspecified atom stereocenters. The third kappa shape index (κ3) is 4.78. The summed E-state index contributed by atoms with van der Waals surface area (Å²) >= 11 is 0. The normalized spacial score (nSPS) is 15.7. The maximum absolute atomic E-state index is 12.3. The Morgan fingerprint density at radius 2 is 1.84 bits per heavy atom. The Morgan fingerprint density at radius 3 is 2.40 bits per heavy atom. The number of rotatable bonds is 4. The Balaban J connectivity index is 1.88. The van der Waals surface area contributed by atoms with Crippen molar-refractivity contribution in [3.63, 3.8) is 0 Å². The minimum atomic E-state index is -0.486. The van der Waals surface area contributed by atoms with Gasteiger partial charge in [0.25, 0.3) is 5.69 Å². The quantitative estimate of drug-likeness (QED) is 0.474. The molecule has 0 spiro atoms. The van der Waals surface area contributed by atoms with E-state index in [1.165, 1.54) is 6.07 Å². The average molecular weight is 348 g/mol. The maximum atomic E-state index is 12.3. The van der Waals surface area contributed by atoms with Gasteiger partial charge in [-0.1, -0.05) is 32.9 Å². The summed E-state index contributed by atoms with van der Waals surface area (Å²) in [5.74, 6) is -0.549. The lowest BCUT2D eigenvalue weighted by Crippen LogP contribution is -2.45. The van der Waals surface area contributed by atoms with Gasteiger partial charge in [0.1, 0.15) is 6.61 Å². The number of nitro groups is 1. The van der Waals surface area contributed by atoms with Crippen LogP contribution in [0.25, 0.3) is 0 Å². The summed E-state index contributed by atoms with van der Waals surface area (Å²) in [6.45, 7) is 6.58. The van der Waals surface area contributed by atoms with Crippen molar-refractivity contribution in [3.05, 3.63) is 39.9 Å². The van der Waals surface area contributed by atoms with E-state index in [2.05, 4.69) is 0 Å². The summed E-state index contributed by atoms with van der Waals surface area (Å²) in [4.78, 5) is 36.8. The number of amides is 1. The van der Waals surface area contributed by atoms with E-state index in [1.54, 1.807) is 23.1 Å². The van der Waals surface area contributed by atoms with Gasteiger partial charge in [0, 0.05) is 24.6 Å². The molecule has 1 aromatic carbocycles. The number of ether oxygens (including phenoxy) is 1. The molecule has 1 aliphatic heterocycles. The van der Waals surface area contributed by atoms with Crippen LogP contribution >= 0.6 is 0 Å². The predicted molar refractivity (Wildman–Crippen MR) is 91.7 cm³/mol. The molecule has 136 valence electrons. The molecule has 7 nitrogen and oxygen atoms in total. The van der Waals surface area contributed by atoms with Gasteiger partial charge >= 0.3 is 5.97 Å². The van der Waals surface area contributed by atoms with Crippen LogP contribution < -0.4 is 0 Å². The second-order valence-corrected chi connectivity index (χ2v) is 7.31. The van der Waals surface area contributed by atoms with Crippen LogP contribution in [0.5, 0.6) is 0 Å². The number of carbonyl (C=O) groups is 2. The van der Waals surface area contributed by atoms with Crippen LogP contribution in [0.1, 0.15) is 39.2 Å². The first-order chi connectivity index (χ1) is 11.7. The van der Waals surface area contributed by atoms with Crippen LogP contribution in [-0.4, -0.2) is 34.8 Å². The number of carbonyl (C=O) groups excluding carboxylic acids is 2. The molecular weight excluding hydrogens is 324 g/mol. The van der Waals surface area contributed by atoms with Crippen molar-refractivity contribution in [2.45, 2.75) is 40.2 Å². The second-order valence-electron chi connectivity index (χ2n) is 7.31. The lowest BCUT2D eigenvalue weighted by atomic mass is 9.91. The summed E-state index contributed by atoms with van der Waals surface area (Å²) in [7, 11) is 0. The fourth-order valence-corrected chi connectivity index (χ4v) is 2.87. The Bertz CT molecular complexity index is 658. The smallest absolute Gasteiger partial charge is 0.309 e. The van der Waals surface area contributed by atoms with Gasteiger partial charge in [0.05, 0.1) is 16.4 Å². The van der Waals surface area contributed by atoms with Crippen molar-refractivity contribution in [1.82, 2.24) is 4.90 Å². The topological polar surface area (TPSA) is 89.8 Å². The highest BCUT2D eigenvalue weighted by molar-refractivity contribution is 5.82. The van der Waals surface area contributed by atoms with Gasteiger partial charge in [-0.05, 0) is 18.9 Å². The number of likely N-dealkylation sites (tertiary alicyclic amines) is 1. The standard InChI is InChI=1S/C18H24N2O5/c1-18(2,3)17(22)19-10-8-13(9-11-19)16(21)25-12-14-6-4-5-7-15(14)20(23)24/h4-7,13H,8-12H2,1-3H3. The summed E-state index contributed by atoms with van der Waals surface area (Å²) in [6, 6.07) is 6.22. The average Bonchev–Trinajstić information content (AvgIpc) is 2.58. The third-order valence-electron chi connectivity index (χ3n) is 4.32. The number of nitro benzene ring substituents is 1. The molecule has 0 N–H and O–H groups in total. The maximum Gasteiger partial charge on any atom is 0.309 e. The lowest BCUT2D eigenvalue weighted by Gasteiger charge is -2.34. The molecular formula is C18H24N2O5. The Labute approximate surface area is 147 Å². The Hall–Kier alpha value is -2.44. The van der Waals surface area contributed by atoms with E-state index in [0.717, 1.165) is 0 Å². The second kappa shape index (κ2) is 7.63. The molecule has 0 aromatic heterocycles. The van der Waals surface area contributed by atoms with Crippen molar-refractivity contribution < 1.29 is 19.2 Å². The Morgan fingerprint density at radius 1 is 1.24 bits per heavy atom. The molecule has 0 radical (unpaired) electrons. The SMILES string of the molecule is CC(C)(C)C(=O)N1CCC(C(=O)OCc2ccccc2[N+](=O)[O-])CC1. The van der Waals surface area contributed by atoms with E-state index in [4.69, 9.17) is 4.74 Å². The van der Waals surface area contributed by atoms with Crippen LogP contribution in [0.3, 0.4) is 0 Å². The first-order valence-corrected chi connectivity index (χ1v) is 8.38. The minimum Gasteiger partial charge on any atom is -0.460 e. The van der Waals surface area contributed by atoms with Crippen molar-refractivity contribution >= 4 is 17.6 Å². The monoisotopic (exact) mass is 348 g/mol. The number of nitrogens with zero attached hydrogens (tertiary/aromatic N) is 2. The molecule has 1 heterocycles. The van der Waals surface area contributed by atoms with Gasteiger partial charge in [-0.2, -0.15) is 0 Å². The molecule has 0 aliphatic carbocycles. The van der Waals surface area contributed by atoms with Crippen molar-refractivity contribution in [2.75, 3.05) is 13.1 Å². The van der Waals surface area contributed by atoms with Gasteiger partial charge < -0.3 is 9.64 Å². The fraction of sp³-hybridized carbons (Fsp3) is 0.556. The van der Waals surface area contributed by atoms with E-state index >= 15 is 0 Å². The number of hydrogen-bond acceptors (Lipinski definition) is 5. The molecule has 25 heavy (non-hydrogen) atoms. The number of piperidine rings is 1. The van der Waals surface area contributed by atoms with Crippen molar-refractivity contribution in [3.8, 4) is 0 Å². The summed E-state index contributed by atoms with van der Waals surface area (Å²) in [5, 5.41) is 11.0. The van der Waals surface area contributed by atoms with Gasteiger partial charge in [-0.15, -0.1) is 0 Å². The third-order valence-corrected chi connectivity index (χ3v) is 4.32. The minimum absolute atomic E-state index is 0.0547. The molecule has 1 aliphatic rings. The van der Waals surface area contributed by atoms with Gasteiger partial charge in [0.15, 0.2) is 0 Å². The van der Waals surface area contributed by atoms with Crippen molar-refractivity contribution in [1.29, 1.82) is 0 Å². The number of esters is 1. The molecule has 1 amide bonds. The van der Waals surface area contributed by atoms with Crippen LogP contribution in [0.2, 0.25) is 0 Å². The van der Waals surface area contributed by atoms with Crippen LogP contribution in [0.15, 0.2) is 24.3 Å². The molecule has 0 atom stereocenters. The fourth-order valence-electron chi connectivity index (χ4n) is 2.87. The van der Waals surface area contributed by atoms with Crippen molar-refractivity contribution in [2.24, 2.45) is 11.3 Å². The highest BCUT2D eigenvalue weighted by Crippen LogP contribution is 2.25. The zero-order chi connectivity index (χ0) is 18.6. The van der Waals surface area contributed by atoms with Gasteiger partial charge in [-0.25, -0.2) is 0 Å². The van der Waals surface area contributed by atoms with E-state index < -0.39 is 10.3 Å². The Kier molecular flexibility index (Phi) is 5.77. The van der Waals surface area contributed by atoms with Crippen LogP contribution in [0.4, 0.5) is 5.69 Å². The summed E-state index contributed by atoms with van der Waals surface area (Å²) in [5.41, 5.74) is -0.110. The first-order valence-electron chi connectivity index (χ1n) is 8.38. The first kappa shape index (κ1) is 18.9. The molecule has 1 saturated heterocycles. The van der Waals surface area contributed by atoms with E-state index in [1.807, 2.05) is 20.8 Å². The molecule has 1 fully saturated rings. The van der Waals surface area contributed by atoms with E-state index in [-0.39, 0.29) is 30.1 Å². The zero-order valence-corrected chi connectivity index (χ0v) is 14.9. The number of benzene rings is 1. The molecule has 2 rings (SSSR count). The van der Waals surface area contributed by atoms with Crippen LogP contribution in [-0.2, 0) is 20.9 Å². The van der Waals surface area contributed by atoms with Gasteiger partial charge in [0.2, 0.25) is 5.91 Å². The summed E-state index contributed by atoms with van der Waals surface area (Å²) < 4.78 is 5.27.